The second-order valence-electron chi connectivity index (χ2n) is 5.34. The molecule has 5 heteroatoms. The zero-order valence-electron chi connectivity index (χ0n) is 12.1. The molecule has 0 bridgehead atoms. The molecule has 1 unspecified atom stereocenters. The molecule has 1 fully saturated rings. The smallest absolute Gasteiger partial charge is 0.255 e. The first kappa shape index (κ1) is 13.8. The van der Waals surface area contributed by atoms with Gasteiger partial charge in [0.25, 0.3) is 5.91 Å². The number of furan rings is 1. The first-order valence-corrected chi connectivity index (χ1v) is 7.23. The number of hydrogen-bond acceptors (Lipinski definition) is 4. The molecule has 21 heavy (non-hydrogen) atoms. The predicted molar refractivity (Wildman–Crippen MR) is 79.8 cm³/mol. The first-order valence-electron chi connectivity index (χ1n) is 7.23. The highest BCUT2D eigenvalue weighted by Gasteiger charge is 2.29. The van der Waals surface area contributed by atoms with E-state index in [2.05, 4.69) is 4.98 Å². The normalized spacial score (nSPS) is 18.2. The van der Waals surface area contributed by atoms with Crippen molar-refractivity contribution in [3.63, 3.8) is 0 Å². The van der Waals surface area contributed by atoms with Gasteiger partial charge in [0.05, 0.1) is 17.5 Å². The van der Waals surface area contributed by atoms with Crippen LogP contribution >= 0.6 is 0 Å². The number of carbonyl (C=O) groups is 1. The molecular formula is C16H19N3O2. The summed E-state index contributed by atoms with van der Waals surface area (Å²) >= 11 is 0. The number of nitrogens with two attached hydrogens (primary N) is 1. The molecule has 1 amide bonds. The van der Waals surface area contributed by atoms with Crippen molar-refractivity contribution in [3.8, 4) is 11.5 Å². The minimum Gasteiger partial charge on any atom is -0.463 e. The summed E-state index contributed by atoms with van der Waals surface area (Å²) in [7, 11) is 0. The third-order valence-corrected chi connectivity index (χ3v) is 4.00. The van der Waals surface area contributed by atoms with Crippen LogP contribution in [-0.2, 0) is 0 Å². The van der Waals surface area contributed by atoms with Crippen LogP contribution in [-0.4, -0.2) is 34.9 Å². The Morgan fingerprint density at radius 3 is 3.00 bits per heavy atom. The summed E-state index contributed by atoms with van der Waals surface area (Å²) in [6.07, 6.45) is 3.62. The lowest BCUT2D eigenvalue weighted by atomic mass is 10.1. The van der Waals surface area contributed by atoms with Crippen LogP contribution in [0.3, 0.4) is 0 Å². The third-order valence-electron chi connectivity index (χ3n) is 4.00. The van der Waals surface area contributed by atoms with Crippen molar-refractivity contribution in [1.82, 2.24) is 9.88 Å². The van der Waals surface area contributed by atoms with Gasteiger partial charge in [-0.25, -0.2) is 4.98 Å². The SMILES string of the molecule is Cc1nc(-c2ccco2)ccc1C(=O)N1CCCC1CN. The van der Waals surface area contributed by atoms with E-state index in [1.54, 1.807) is 6.26 Å². The molecule has 0 aliphatic carbocycles. The number of nitrogens with zero attached hydrogens (tertiary/aromatic N) is 2. The van der Waals surface area contributed by atoms with Gasteiger partial charge in [0.1, 0.15) is 5.69 Å². The van der Waals surface area contributed by atoms with E-state index in [9.17, 15) is 4.79 Å². The van der Waals surface area contributed by atoms with Crippen LogP contribution in [0.4, 0.5) is 0 Å². The van der Waals surface area contributed by atoms with E-state index in [1.807, 2.05) is 36.1 Å². The lowest BCUT2D eigenvalue weighted by molar-refractivity contribution is 0.0740. The van der Waals surface area contributed by atoms with Crippen molar-refractivity contribution in [2.24, 2.45) is 5.73 Å². The van der Waals surface area contributed by atoms with Crippen LogP contribution in [0.1, 0.15) is 28.9 Å². The number of carbonyl (C=O) groups excluding carboxylic acids is 1. The van der Waals surface area contributed by atoms with E-state index >= 15 is 0 Å². The van der Waals surface area contributed by atoms with Gasteiger partial charge in [-0.15, -0.1) is 0 Å². The topological polar surface area (TPSA) is 72.4 Å². The Labute approximate surface area is 123 Å². The standard InChI is InChI=1S/C16H19N3O2/c1-11-13(16(20)19-8-2-4-12(19)10-17)6-7-14(18-11)15-5-3-9-21-15/h3,5-7,9,12H,2,4,8,10,17H2,1H3. The molecule has 2 aromatic heterocycles. The largest absolute Gasteiger partial charge is 0.463 e. The monoisotopic (exact) mass is 285 g/mol. The molecule has 0 radical (unpaired) electrons. The van der Waals surface area contributed by atoms with E-state index in [4.69, 9.17) is 10.2 Å². The van der Waals surface area contributed by atoms with Crippen molar-refractivity contribution in [2.45, 2.75) is 25.8 Å². The van der Waals surface area contributed by atoms with Crippen molar-refractivity contribution in [2.75, 3.05) is 13.1 Å². The Bertz CT molecular complexity index is 637. The number of aromatic nitrogens is 1. The van der Waals surface area contributed by atoms with Crippen LogP contribution in [0.2, 0.25) is 0 Å². The minimum atomic E-state index is 0.0268. The quantitative estimate of drug-likeness (QED) is 0.938. The van der Waals surface area contributed by atoms with Gasteiger partial charge in [0.15, 0.2) is 5.76 Å². The molecule has 0 saturated carbocycles. The molecule has 1 atom stereocenters. The van der Waals surface area contributed by atoms with Crippen molar-refractivity contribution in [1.29, 1.82) is 0 Å². The number of likely N-dealkylation sites (tertiary alicyclic amines) is 1. The Morgan fingerprint density at radius 1 is 1.48 bits per heavy atom. The maximum absolute atomic E-state index is 12.6. The summed E-state index contributed by atoms with van der Waals surface area (Å²) in [5.74, 6) is 0.733. The Morgan fingerprint density at radius 2 is 2.33 bits per heavy atom. The zero-order chi connectivity index (χ0) is 14.8. The lowest BCUT2D eigenvalue weighted by Crippen LogP contribution is -2.40. The second-order valence-corrected chi connectivity index (χ2v) is 5.34. The molecule has 2 aromatic rings. The van der Waals surface area contributed by atoms with E-state index in [-0.39, 0.29) is 11.9 Å². The minimum absolute atomic E-state index is 0.0268. The number of hydrogen-bond donors (Lipinski definition) is 1. The van der Waals surface area contributed by atoms with Gasteiger partial charge in [-0.2, -0.15) is 0 Å². The number of rotatable bonds is 3. The Kier molecular flexibility index (Phi) is 3.75. The number of pyridine rings is 1. The van der Waals surface area contributed by atoms with Crippen molar-refractivity contribution < 1.29 is 9.21 Å². The highest BCUT2D eigenvalue weighted by atomic mass is 16.3. The summed E-state index contributed by atoms with van der Waals surface area (Å²) in [4.78, 5) is 19.0. The molecule has 0 aromatic carbocycles. The number of amides is 1. The van der Waals surface area contributed by atoms with Gasteiger partial charge >= 0.3 is 0 Å². The van der Waals surface area contributed by atoms with Crippen LogP contribution in [0, 0.1) is 6.92 Å². The molecule has 1 saturated heterocycles. The summed E-state index contributed by atoms with van der Waals surface area (Å²) < 4.78 is 5.33. The molecule has 3 rings (SSSR count). The van der Waals surface area contributed by atoms with Gasteiger partial charge in [0, 0.05) is 19.1 Å². The highest BCUT2D eigenvalue weighted by molar-refractivity contribution is 5.95. The Hall–Kier alpha value is -2.14. The molecule has 5 nitrogen and oxygen atoms in total. The van der Waals surface area contributed by atoms with Gasteiger partial charge in [-0.3, -0.25) is 4.79 Å². The molecular weight excluding hydrogens is 266 g/mol. The highest BCUT2D eigenvalue weighted by Crippen LogP contribution is 2.23. The molecule has 0 spiro atoms. The lowest BCUT2D eigenvalue weighted by Gasteiger charge is -2.24. The molecule has 1 aliphatic heterocycles. The van der Waals surface area contributed by atoms with Crippen molar-refractivity contribution >= 4 is 5.91 Å². The molecule has 1 aliphatic rings. The summed E-state index contributed by atoms with van der Waals surface area (Å²) in [5.41, 5.74) is 7.85. The van der Waals surface area contributed by atoms with Crippen LogP contribution in [0.5, 0.6) is 0 Å². The van der Waals surface area contributed by atoms with E-state index in [0.29, 0.717) is 17.9 Å². The average molecular weight is 285 g/mol. The van der Waals surface area contributed by atoms with E-state index in [0.717, 1.165) is 30.8 Å². The van der Waals surface area contributed by atoms with Crippen LogP contribution < -0.4 is 5.73 Å². The molecule has 2 N–H and O–H groups in total. The van der Waals surface area contributed by atoms with E-state index in [1.165, 1.54) is 0 Å². The third kappa shape index (κ3) is 2.56. The fourth-order valence-electron chi connectivity index (χ4n) is 2.85. The summed E-state index contributed by atoms with van der Waals surface area (Å²) in [6.45, 7) is 3.15. The van der Waals surface area contributed by atoms with Gasteiger partial charge in [0.2, 0.25) is 0 Å². The Balaban J connectivity index is 1.87. The summed E-state index contributed by atoms with van der Waals surface area (Å²) in [5, 5.41) is 0. The zero-order valence-corrected chi connectivity index (χ0v) is 12.1. The van der Waals surface area contributed by atoms with Gasteiger partial charge in [-0.05, 0) is 44.0 Å². The number of aryl methyl sites for hydroxylation is 1. The average Bonchev–Trinajstić information content (AvgIpc) is 3.17. The van der Waals surface area contributed by atoms with Gasteiger partial charge < -0.3 is 15.1 Å². The fraction of sp³-hybridized carbons (Fsp3) is 0.375. The maximum Gasteiger partial charge on any atom is 0.255 e. The van der Waals surface area contributed by atoms with Crippen LogP contribution in [0.25, 0.3) is 11.5 Å². The van der Waals surface area contributed by atoms with Gasteiger partial charge in [-0.1, -0.05) is 0 Å². The van der Waals surface area contributed by atoms with Crippen molar-refractivity contribution in [3.05, 3.63) is 41.8 Å². The van der Waals surface area contributed by atoms with E-state index < -0.39 is 0 Å². The predicted octanol–water partition coefficient (Wildman–Crippen LogP) is 2.21. The van der Waals surface area contributed by atoms with Crippen LogP contribution in [0.15, 0.2) is 34.9 Å². The first-order chi connectivity index (χ1) is 10.2. The second kappa shape index (κ2) is 5.69. The fourth-order valence-corrected chi connectivity index (χ4v) is 2.85. The maximum atomic E-state index is 12.6. The molecule has 3 heterocycles. The summed E-state index contributed by atoms with van der Waals surface area (Å²) in [6, 6.07) is 7.48. The molecule has 110 valence electrons.